The summed E-state index contributed by atoms with van der Waals surface area (Å²) in [6, 6.07) is 27.5. The van der Waals surface area contributed by atoms with Crippen molar-refractivity contribution >= 4 is 52.0 Å². The topological polar surface area (TPSA) is 110 Å². The minimum atomic E-state index is -0.427. The molecule has 1 aliphatic rings. The Hall–Kier alpha value is -5.52. The highest BCUT2D eigenvalue weighted by atomic mass is 32.1. The molecule has 8 rings (SSSR count). The molecule has 0 amide bonds. The van der Waals surface area contributed by atoms with E-state index in [1.165, 1.54) is 4.68 Å². The molecule has 0 spiro atoms. The van der Waals surface area contributed by atoms with Crippen LogP contribution in [0.5, 0.6) is 23.3 Å². The number of H-pyrrole nitrogens is 3. The molecule has 1 atom stereocenters. The van der Waals surface area contributed by atoms with E-state index in [9.17, 15) is 4.79 Å². The van der Waals surface area contributed by atoms with Gasteiger partial charge in [0.25, 0.3) is 5.91 Å². The van der Waals surface area contributed by atoms with Crippen molar-refractivity contribution in [2.24, 2.45) is 0 Å². The molecule has 7 aromatic rings. The van der Waals surface area contributed by atoms with Crippen LogP contribution in [0.1, 0.15) is 38.8 Å². The summed E-state index contributed by atoms with van der Waals surface area (Å²) in [5.74, 6) is 1.28. The van der Waals surface area contributed by atoms with E-state index in [0.717, 1.165) is 49.7 Å². The summed E-state index contributed by atoms with van der Waals surface area (Å²) < 4.78 is 19.6. The summed E-state index contributed by atoms with van der Waals surface area (Å²) in [5, 5.41) is 7.67. The fourth-order valence-corrected chi connectivity index (χ4v) is 7.16. The molecule has 47 heavy (non-hydrogen) atoms. The minimum absolute atomic E-state index is 0.289. The van der Waals surface area contributed by atoms with Crippen LogP contribution in [0.3, 0.4) is 0 Å². The number of ether oxygens (including phenoxy) is 3. The average Bonchev–Trinajstić information content (AvgIpc) is 3.63. The Labute approximate surface area is 278 Å². The predicted molar refractivity (Wildman–Crippen MR) is 185 cm³/mol. The van der Waals surface area contributed by atoms with E-state index < -0.39 is 5.92 Å². The molecule has 232 valence electrons. The first-order valence-electron chi connectivity index (χ1n) is 14.9. The van der Waals surface area contributed by atoms with Gasteiger partial charge in [0.1, 0.15) is 21.8 Å². The maximum Gasteiger partial charge on any atom is 0.298 e. The number of benzene rings is 4. The molecule has 0 aliphatic carbocycles. The second-order valence-electron chi connectivity index (χ2n) is 11.3. The van der Waals surface area contributed by atoms with E-state index in [1.807, 2.05) is 85.8 Å². The Morgan fingerprint density at radius 3 is 2.40 bits per heavy atom. The molecule has 9 nitrogen and oxygen atoms in total. The number of nitrogens with one attached hydrogen (secondary N) is 3. The van der Waals surface area contributed by atoms with Crippen molar-refractivity contribution in [3.05, 3.63) is 122 Å². The molecule has 3 N–H and O–H groups in total. The van der Waals surface area contributed by atoms with Crippen LogP contribution in [0.15, 0.2) is 84.9 Å². The van der Waals surface area contributed by atoms with Crippen molar-refractivity contribution in [2.75, 3.05) is 14.2 Å². The summed E-state index contributed by atoms with van der Waals surface area (Å²) in [6.45, 7) is 1.88. The van der Waals surface area contributed by atoms with Crippen LogP contribution in [0, 0.1) is 16.3 Å². The van der Waals surface area contributed by atoms with Crippen LogP contribution in [0.4, 0.5) is 0 Å². The number of aryl methyl sites for hydroxylation is 1. The summed E-state index contributed by atoms with van der Waals surface area (Å²) in [7, 11) is 3.27. The molecule has 0 bridgehead atoms. The van der Waals surface area contributed by atoms with Crippen LogP contribution in [0.2, 0.25) is 0 Å². The van der Waals surface area contributed by atoms with E-state index in [0.29, 0.717) is 38.0 Å². The Morgan fingerprint density at radius 2 is 1.62 bits per heavy atom. The quantitative estimate of drug-likeness (QED) is 0.159. The largest absolute Gasteiger partial charge is 0.497 e. The number of hydrogen-bond donors (Lipinski definition) is 3. The third-order valence-corrected chi connectivity index (χ3v) is 9.21. The maximum absolute atomic E-state index is 14.7. The molecular formula is C36H27N5O4S2. The van der Waals surface area contributed by atoms with E-state index in [4.69, 9.17) is 43.7 Å². The van der Waals surface area contributed by atoms with Gasteiger partial charge < -0.3 is 29.2 Å². The fourth-order valence-electron chi connectivity index (χ4n) is 6.59. The van der Waals surface area contributed by atoms with Gasteiger partial charge in [-0.2, -0.15) is 9.78 Å². The predicted octanol–water partition coefficient (Wildman–Crippen LogP) is 8.60. The monoisotopic (exact) mass is 657 g/mol. The maximum atomic E-state index is 14.7. The number of methoxy groups -OCH3 is 2. The van der Waals surface area contributed by atoms with Crippen molar-refractivity contribution in [3.8, 4) is 34.4 Å². The van der Waals surface area contributed by atoms with Crippen molar-refractivity contribution in [1.82, 2.24) is 24.7 Å². The van der Waals surface area contributed by atoms with E-state index in [1.54, 1.807) is 14.2 Å². The lowest BCUT2D eigenvalue weighted by molar-refractivity contribution is 0.0931. The zero-order chi connectivity index (χ0) is 32.4. The van der Waals surface area contributed by atoms with Crippen molar-refractivity contribution < 1.29 is 19.0 Å². The second kappa shape index (κ2) is 11.1. The molecule has 11 heteroatoms. The minimum Gasteiger partial charge on any atom is -0.497 e. The third kappa shape index (κ3) is 4.57. The number of carbonyl (C=O) groups is 1. The highest BCUT2D eigenvalue weighted by molar-refractivity contribution is 7.72. The van der Waals surface area contributed by atoms with Gasteiger partial charge in [0.05, 0.1) is 37.0 Å². The van der Waals surface area contributed by atoms with Crippen molar-refractivity contribution in [3.63, 3.8) is 0 Å². The van der Waals surface area contributed by atoms with Gasteiger partial charge in [-0.25, -0.2) is 0 Å². The lowest BCUT2D eigenvalue weighted by atomic mass is 9.82. The Kier molecular flexibility index (Phi) is 6.81. The standard InChI is InChI=1S/C36H27N5O4S2/c1-18-27-29(24-11-7-10-20-16-21(43-2)12-14-23(20)24)30-32(38-36(47)39-33(30)46)45-35(27)41(40-18)34(42)31-28(19-8-5-4-6-9-19)25-17-22(44-3)13-15-26(25)37-31/h4-17,29,37H,1-3H3,(H2,38,39,46,47). The van der Waals surface area contributed by atoms with Gasteiger partial charge >= 0.3 is 0 Å². The first-order valence-corrected chi connectivity index (χ1v) is 15.7. The lowest BCUT2D eigenvalue weighted by Crippen LogP contribution is -2.20. The molecule has 0 saturated heterocycles. The van der Waals surface area contributed by atoms with E-state index in [2.05, 4.69) is 21.0 Å². The normalized spacial score (nSPS) is 13.6. The summed E-state index contributed by atoms with van der Waals surface area (Å²) >= 11 is 11.3. The molecule has 0 fully saturated rings. The summed E-state index contributed by atoms with van der Waals surface area (Å²) in [5.41, 5.74) is 5.81. The molecule has 4 heterocycles. The first-order chi connectivity index (χ1) is 22.9. The molecule has 3 aromatic heterocycles. The Balaban J connectivity index is 1.37. The van der Waals surface area contributed by atoms with Crippen LogP contribution in [-0.2, 0) is 0 Å². The summed E-state index contributed by atoms with van der Waals surface area (Å²) in [6.07, 6.45) is 0. The number of carbonyl (C=O) groups excluding carboxylic acids is 1. The number of nitrogens with zero attached hydrogens (tertiary/aromatic N) is 2. The fraction of sp³-hybridized carbons (Fsp3) is 0.111. The second-order valence-corrected chi connectivity index (χ2v) is 12.1. The molecular weight excluding hydrogens is 631 g/mol. The van der Waals surface area contributed by atoms with Gasteiger partial charge in [0.15, 0.2) is 4.77 Å². The van der Waals surface area contributed by atoms with Gasteiger partial charge in [-0.1, -0.05) is 66.8 Å². The van der Waals surface area contributed by atoms with Gasteiger partial charge in [-0.05, 0) is 71.4 Å². The molecule has 1 aliphatic heterocycles. The molecule has 4 aromatic carbocycles. The van der Waals surface area contributed by atoms with Gasteiger partial charge in [-0.3, -0.25) is 4.79 Å². The first kappa shape index (κ1) is 28.9. The van der Waals surface area contributed by atoms with E-state index >= 15 is 0 Å². The zero-order valence-electron chi connectivity index (χ0n) is 25.5. The van der Waals surface area contributed by atoms with Crippen molar-refractivity contribution in [1.29, 1.82) is 0 Å². The SMILES string of the molecule is COc1ccc2c(C3c4c(C)nn(C(=O)c5[nH]c6ccc(OC)cc6c5-c5ccccc5)c4Oc4[nH]c(=S)[nH]c(=S)c43)cccc2c1. The van der Waals surface area contributed by atoms with Gasteiger partial charge in [-0.15, -0.1) is 0 Å². The summed E-state index contributed by atoms with van der Waals surface area (Å²) in [4.78, 5) is 24.3. The lowest BCUT2D eigenvalue weighted by Gasteiger charge is -2.27. The smallest absolute Gasteiger partial charge is 0.298 e. The van der Waals surface area contributed by atoms with Gasteiger partial charge in [0, 0.05) is 16.5 Å². The Bertz CT molecular complexity index is 2510. The van der Waals surface area contributed by atoms with Crippen LogP contribution < -0.4 is 14.2 Å². The number of fused-ring (bicyclic) bond motifs is 4. The third-order valence-electron chi connectivity index (χ3n) is 8.69. The Morgan fingerprint density at radius 1 is 0.851 bits per heavy atom. The zero-order valence-corrected chi connectivity index (χ0v) is 27.1. The van der Waals surface area contributed by atoms with E-state index in [-0.39, 0.29) is 11.8 Å². The average molecular weight is 658 g/mol. The molecule has 0 saturated carbocycles. The van der Waals surface area contributed by atoms with Crippen LogP contribution in [-0.4, -0.2) is 44.9 Å². The highest BCUT2D eigenvalue weighted by Gasteiger charge is 2.39. The highest BCUT2D eigenvalue weighted by Crippen LogP contribution is 2.50. The molecule has 0 radical (unpaired) electrons. The number of aromatic amines is 3. The van der Waals surface area contributed by atoms with Crippen LogP contribution in [0.25, 0.3) is 32.8 Å². The number of hydrogen-bond acceptors (Lipinski definition) is 7. The molecule has 1 unspecified atom stereocenters. The number of aromatic nitrogens is 5. The van der Waals surface area contributed by atoms with Gasteiger partial charge in [0.2, 0.25) is 11.8 Å². The van der Waals surface area contributed by atoms with Crippen molar-refractivity contribution in [2.45, 2.75) is 12.8 Å². The van der Waals surface area contributed by atoms with Crippen LogP contribution >= 0.6 is 24.4 Å². The number of rotatable bonds is 5.